The molecule has 108 valence electrons. The molecule has 0 aromatic rings. The van der Waals surface area contributed by atoms with Gasteiger partial charge in [-0.1, -0.05) is 20.8 Å². The van der Waals surface area contributed by atoms with E-state index in [-0.39, 0.29) is 11.8 Å². The second-order valence-electron chi connectivity index (χ2n) is 6.15. The van der Waals surface area contributed by atoms with Gasteiger partial charge in [0, 0.05) is 5.54 Å². The van der Waals surface area contributed by atoms with E-state index in [1.807, 2.05) is 0 Å². The molecular formula is C11H18F5NO. The molecule has 0 aliphatic rings. The maximum atomic E-state index is 12.8. The van der Waals surface area contributed by atoms with E-state index < -0.39 is 23.5 Å². The van der Waals surface area contributed by atoms with E-state index in [1.54, 1.807) is 26.1 Å². The minimum Gasteiger partial charge on any atom is -0.346 e. The Morgan fingerprint density at radius 1 is 0.944 bits per heavy atom. The van der Waals surface area contributed by atoms with Gasteiger partial charge in [0.05, 0.1) is 0 Å². The maximum absolute atomic E-state index is 12.8. The molecule has 0 aliphatic carbocycles. The second-order valence-corrected chi connectivity index (χ2v) is 6.15. The fourth-order valence-corrected chi connectivity index (χ4v) is 1.88. The molecular weight excluding hydrogens is 257 g/mol. The number of rotatable bonds is 3. The van der Waals surface area contributed by atoms with E-state index in [1.165, 1.54) is 13.8 Å². The van der Waals surface area contributed by atoms with E-state index in [9.17, 15) is 26.7 Å². The normalized spacial score (nSPS) is 14.6. The molecule has 1 N–H and O–H groups in total. The van der Waals surface area contributed by atoms with Crippen molar-refractivity contribution < 1.29 is 26.7 Å². The molecule has 0 rings (SSSR count). The summed E-state index contributed by atoms with van der Waals surface area (Å²) in [5.74, 6) is -7.69. The summed E-state index contributed by atoms with van der Waals surface area (Å²) >= 11 is 0. The predicted octanol–water partition coefficient (Wildman–Crippen LogP) is 3.52. The van der Waals surface area contributed by atoms with Crippen molar-refractivity contribution in [3.05, 3.63) is 0 Å². The Kier molecular flexibility index (Phi) is 4.43. The van der Waals surface area contributed by atoms with Gasteiger partial charge in [0.2, 0.25) is 0 Å². The molecule has 18 heavy (non-hydrogen) atoms. The van der Waals surface area contributed by atoms with E-state index in [4.69, 9.17) is 0 Å². The van der Waals surface area contributed by atoms with Crippen LogP contribution in [-0.2, 0) is 4.79 Å². The number of alkyl halides is 5. The van der Waals surface area contributed by atoms with E-state index >= 15 is 0 Å². The lowest BCUT2D eigenvalue weighted by Crippen LogP contribution is -2.56. The van der Waals surface area contributed by atoms with Gasteiger partial charge in [0.1, 0.15) is 0 Å². The molecule has 1 amide bonds. The molecule has 7 heteroatoms. The fraction of sp³-hybridized carbons (Fsp3) is 0.909. The van der Waals surface area contributed by atoms with Crippen LogP contribution in [0.3, 0.4) is 0 Å². The van der Waals surface area contributed by atoms with Crippen LogP contribution in [0.4, 0.5) is 22.0 Å². The summed E-state index contributed by atoms with van der Waals surface area (Å²) in [6, 6.07) is 0. The van der Waals surface area contributed by atoms with Crippen LogP contribution in [0.2, 0.25) is 0 Å². The minimum absolute atomic E-state index is 0.264. The van der Waals surface area contributed by atoms with Gasteiger partial charge in [-0.25, -0.2) is 0 Å². The van der Waals surface area contributed by atoms with E-state index in [2.05, 4.69) is 0 Å². The van der Waals surface area contributed by atoms with Gasteiger partial charge >= 0.3 is 18.0 Å². The highest BCUT2D eigenvalue weighted by molar-refractivity contribution is 5.84. The summed E-state index contributed by atoms with van der Waals surface area (Å²) in [5.41, 5.74) is -1.46. The molecule has 0 aromatic heterocycles. The average molecular weight is 275 g/mol. The van der Waals surface area contributed by atoms with Crippen LogP contribution >= 0.6 is 0 Å². The van der Waals surface area contributed by atoms with Crippen molar-refractivity contribution in [2.45, 2.75) is 58.7 Å². The number of halogens is 5. The number of hydrogen-bond donors (Lipinski definition) is 1. The molecule has 0 atom stereocenters. The van der Waals surface area contributed by atoms with E-state index in [0.717, 1.165) is 0 Å². The predicted molar refractivity (Wildman–Crippen MR) is 57.3 cm³/mol. The Hall–Kier alpha value is -0.880. The quantitative estimate of drug-likeness (QED) is 0.784. The van der Waals surface area contributed by atoms with Gasteiger partial charge in [-0.3, -0.25) is 4.79 Å². The molecule has 0 aromatic carbocycles. The van der Waals surface area contributed by atoms with Gasteiger partial charge in [0.15, 0.2) is 0 Å². The molecule has 0 radical (unpaired) electrons. The first-order chi connectivity index (χ1) is 7.58. The minimum atomic E-state index is -5.88. The Morgan fingerprint density at radius 2 is 1.33 bits per heavy atom. The van der Waals surface area contributed by atoms with E-state index in [0.29, 0.717) is 0 Å². The lowest BCUT2D eigenvalue weighted by atomic mass is 9.81. The molecule has 0 heterocycles. The van der Waals surface area contributed by atoms with Gasteiger partial charge in [-0.05, 0) is 25.7 Å². The first-order valence-corrected chi connectivity index (χ1v) is 5.36. The standard InChI is InChI=1S/C11H18F5NO/c1-8(2,3)6-9(4,5)17-7(18)10(12,13)11(14,15)16/h6H2,1-5H3,(H,17,18). The third kappa shape index (κ3) is 4.78. The van der Waals surface area contributed by atoms with Gasteiger partial charge in [-0.2, -0.15) is 22.0 Å². The lowest BCUT2D eigenvalue weighted by molar-refractivity contribution is -0.270. The average Bonchev–Trinajstić information content (AvgIpc) is 1.94. The molecule has 0 aliphatic heterocycles. The van der Waals surface area contributed by atoms with Crippen molar-refractivity contribution in [2.75, 3.05) is 0 Å². The third-order valence-corrected chi connectivity index (χ3v) is 2.07. The highest BCUT2D eigenvalue weighted by Gasteiger charge is 2.63. The summed E-state index contributed by atoms with van der Waals surface area (Å²) in [7, 11) is 0. The smallest absolute Gasteiger partial charge is 0.346 e. The Labute approximate surface area is 103 Å². The fourth-order valence-electron chi connectivity index (χ4n) is 1.88. The number of amides is 1. The number of hydrogen-bond acceptors (Lipinski definition) is 1. The summed E-state index contributed by atoms with van der Waals surface area (Å²) in [6.45, 7) is 8.19. The number of carbonyl (C=O) groups excluding carboxylic acids is 1. The van der Waals surface area contributed by atoms with Crippen LogP contribution in [-0.4, -0.2) is 23.5 Å². The zero-order valence-electron chi connectivity index (χ0n) is 11.0. The van der Waals surface area contributed by atoms with Crippen molar-refractivity contribution in [2.24, 2.45) is 5.41 Å². The molecule has 2 nitrogen and oxygen atoms in total. The largest absolute Gasteiger partial charge is 0.463 e. The SMILES string of the molecule is CC(C)(C)CC(C)(C)NC(=O)C(F)(F)C(F)(F)F. The van der Waals surface area contributed by atoms with Gasteiger partial charge < -0.3 is 5.32 Å². The highest BCUT2D eigenvalue weighted by Crippen LogP contribution is 2.36. The summed E-state index contributed by atoms with van der Waals surface area (Å²) in [5, 5.41) is 1.75. The Bertz CT molecular complexity index is 314. The zero-order chi connectivity index (χ0) is 15.0. The van der Waals surface area contributed by atoms with Crippen molar-refractivity contribution in [1.82, 2.24) is 5.32 Å². The molecule has 0 saturated carbocycles. The van der Waals surface area contributed by atoms with Crippen molar-refractivity contribution >= 4 is 5.91 Å². The Balaban J connectivity index is 4.87. The van der Waals surface area contributed by atoms with Gasteiger partial charge in [-0.15, -0.1) is 0 Å². The monoisotopic (exact) mass is 275 g/mol. The van der Waals surface area contributed by atoms with Crippen LogP contribution in [0.25, 0.3) is 0 Å². The van der Waals surface area contributed by atoms with Gasteiger partial charge in [0.25, 0.3) is 0 Å². The second kappa shape index (κ2) is 4.66. The molecule has 0 unspecified atom stereocenters. The third-order valence-electron chi connectivity index (χ3n) is 2.07. The molecule has 0 bridgehead atoms. The lowest BCUT2D eigenvalue weighted by Gasteiger charge is -2.34. The van der Waals surface area contributed by atoms with Crippen molar-refractivity contribution in [3.63, 3.8) is 0 Å². The Morgan fingerprint density at radius 3 is 1.61 bits per heavy atom. The van der Waals surface area contributed by atoms with Crippen LogP contribution in [0, 0.1) is 5.41 Å². The first kappa shape index (κ1) is 17.1. The summed E-state index contributed by atoms with van der Waals surface area (Å²) in [6.07, 6.45) is -5.62. The summed E-state index contributed by atoms with van der Waals surface area (Å²) < 4.78 is 61.5. The molecule has 0 saturated heterocycles. The zero-order valence-corrected chi connectivity index (χ0v) is 11.0. The van der Waals surface area contributed by atoms with Crippen molar-refractivity contribution in [3.8, 4) is 0 Å². The van der Waals surface area contributed by atoms with Crippen LogP contribution < -0.4 is 5.32 Å². The summed E-state index contributed by atoms with van der Waals surface area (Å²) in [4.78, 5) is 11.0. The molecule has 0 spiro atoms. The van der Waals surface area contributed by atoms with Crippen LogP contribution in [0.5, 0.6) is 0 Å². The van der Waals surface area contributed by atoms with Crippen LogP contribution in [0.1, 0.15) is 41.0 Å². The topological polar surface area (TPSA) is 29.1 Å². The van der Waals surface area contributed by atoms with Crippen molar-refractivity contribution in [1.29, 1.82) is 0 Å². The maximum Gasteiger partial charge on any atom is 0.463 e. The highest BCUT2D eigenvalue weighted by atomic mass is 19.4. The molecule has 0 fully saturated rings. The first-order valence-electron chi connectivity index (χ1n) is 5.36. The number of carbonyl (C=O) groups is 1. The van der Waals surface area contributed by atoms with Crippen LogP contribution in [0.15, 0.2) is 0 Å². The number of nitrogens with one attached hydrogen (secondary N) is 1.